The number of nitrogens with zero attached hydrogens (tertiary/aromatic N) is 1. The highest BCUT2D eigenvalue weighted by atomic mass is 35.5. The molecule has 1 amide bonds. The molecule has 0 saturated carbocycles. The van der Waals surface area contributed by atoms with Crippen molar-refractivity contribution in [2.45, 2.75) is 45.3 Å². The molecule has 0 aromatic rings. The highest BCUT2D eigenvalue weighted by Crippen LogP contribution is 2.20. The van der Waals surface area contributed by atoms with Gasteiger partial charge in [-0.15, -0.1) is 12.4 Å². The lowest BCUT2D eigenvalue weighted by Crippen LogP contribution is -2.47. The molecule has 0 aliphatic carbocycles. The molecule has 0 aromatic heterocycles. The molecule has 5 heteroatoms. The normalized spacial score (nSPS) is 21.1. The quantitative estimate of drug-likeness (QED) is 0.778. The largest absolute Gasteiger partial charge is 0.393 e. The first-order valence-corrected chi connectivity index (χ1v) is 5.78. The van der Waals surface area contributed by atoms with Gasteiger partial charge in [0.25, 0.3) is 0 Å². The molecule has 1 rings (SSSR count). The number of amides is 1. The number of aliphatic hydroxyl groups excluding tert-OH is 1. The summed E-state index contributed by atoms with van der Waals surface area (Å²) in [4.78, 5) is 13.6. The smallest absolute Gasteiger partial charge is 0.239 e. The number of carbonyl (C=O) groups excluding carboxylic acids is 1. The van der Waals surface area contributed by atoms with Crippen molar-refractivity contribution < 1.29 is 9.90 Å². The molecule has 1 saturated heterocycles. The maximum atomic E-state index is 11.7. The zero-order chi connectivity index (χ0) is 11.4. The van der Waals surface area contributed by atoms with Crippen LogP contribution in [0, 0.1) is 5.92 Å². The van der Waals surface area contributed by atoms with E-state index in [2.05, 4.69) is 0 Å². The SMILES string of the molecule is CC[C@H](N)C(=O)N1CCC(C(C)O)CC1.Cl. The number of likely N-dealkylation sites (tertiary alicyclic amines) is 1. The Balaban J connectivity index is 0.00000225. The molecule has 0 radical (unpaired) electrons. The van der Waals surface area contributed by atoms with Crippen LogP contribution in [0.4, 0.5) is 0 Å². The van der Waals surface area contributed by atoms with E-state index in [0.717, 1.165) is 25.9 Å². The first kappa shape index (κ1) is 15.7. The van der Waals surface area contributed by atoms with Crippen LogP contribution in [-0.2, 0) is 4.79 Å². The van der Waals surface area contributed by atoms with Gasteiger partial charge in [0.2, 0.25) is 5.91 Å². The molecule has 3 N–H and O–H groups in total. The third kappa shape index (κ3) is 3.92. The monoisotopic (exact) mass is 250 g/mol. The van der Waals surface area contributed by atoms with E-state index in [0.29, 0.717) is 12.3 Å². The molecule has 0 spiro atoms. The number of hydrogen-bond donors (Lipinski definition) is 2. The molecule has 1 fully saturated rings. The van der Waals surface area contributed by atoms with Gasteiger partial charge >= 0.3 is 0 Å². The van der Waals surface area contributed by atoms with Crippen LogP contribution < -0.4 is 5.73 Å². The van der Waals surface area contributed by atoms with Crippen molar-refractivity contribution in [1.82, 2.24) is 4.90 Å². The van der Waals surface area contributed by atoms with Gasteiger partial charge in [0.05, 0.1) is 12.1 Å². The Morgan fingerprint density at radius 1 is 1.50 bits per heavy atom. The van der Waals surface area contributed by atoms with Crippen LogP contribution >= 0.6 is 12.4 Å². The number of nitrogens with two attached hydrogens (primary N) is 1. The summed E-state index contributed by atoms with van der Waals surface area (Å²) in [5.74, 6) is 0.397. The Morgan fingerprint density at radius 3 is 2.38 bits per heavy atom. The maximum absolute atomic E-state index is 11.7. The van der Waals surface area contributed by atoms with Gasteiger partial charge in [-0.05, 0) is 32.1 Å². The molecule has 0 bridgehead atoms. The molecule has 1 aliphatic heterocycles. The minimum Gasteiger partial charge on any atom is -0.393 e. The Bertz CT molecular complexity index is 216. The van der Waals surface area contributed by atoms with Gasteiger partial charge < -0.3 is 15.7 Å². The summed E-state index contributed by atoms with van der Waals surface area (Å²) in [6, 6.07) is -0.354. The van der Waals surface area contributed by atoms with Gasteiger partial charge in [-0.1, -0.05) is 6.92 Å². The van der Waals surface area contributed by atoms with E-state index in [1.165, 1.54) is 0 Å². The van der Waals surface area contributed by atoms with Crippen LogP contribution in [0.25, 0.3) is 0 Å². The van der Waals surface area contributed by atoms with Crippen molar-refractivity contribution in [3.63, 3.8) is 0 Å². The number of carbonyl (C=O) groups is 1. The highest BCUT2D eigenvalue weighted by molar-refractivity contribution is 5.85. The van der Waals surface area contributed by atoms with Crippen LogP contribution in [0.2, 0.25) is 0 Å². The van der Waals surface area contributed by atoms with Gasteiger partial charge in [0, 0.05) is 13.1 Å². The minimum atomic E-state index is -0.354. The fourth-order valence-corrected chi connectivity index (χ4v) is 2.01. The summed E-state index contributed by atoms with van der Waals surface area (Å²) in [6.45, 7) is 5.22. The van der Waals surface area contributed by atoms with Crippen LogP contribution in [0.5, 0.6) is 0 Å². The van der Waals surface area contributed by atoms with Gasteiger partial charge in [-0.25, -0.2) is 0 Å². The summed E-state index contributed by atoms with van der Waals surface area (Å²) >= 11 is 0. The molecule has 2 atom stereocenters. The summed E-state index contributed by atoms with van der Waals surface area (Å²) in [6.07, 6.45) is 2.21. The fraction of sp³-hybridized carbons (Fsp3) is 0.909. The van der Waals surface area contributed by atoms with Crippen LogP contribution in [0.1, 0.15) is 33.1 Å². The van der Waals surface area contributed by atoms with Gasteiger partial charge in [0.15, 0.2) is 0 Å². The number of hydrogen-bond acceptors (Lipinski definition) is 3. The predicted octanol–water partition coefficient (Wildman–Crippen LogP) is 0.765. The highest BCUT2D eigenvalue weighted by Gasteiger charge is 2.27. The van der Waals surface area contributed by atoms with E-state index in [9.17, 15) is 9.90 Å². The lowest BCUT2D eigenvalue weighted by Gasteiger charge is -2.34. The lowest BCUT2D eigenvalue weighted by molar-refractivity contribution is -0.134. The first-order chi connectivity index (χ1) is 7.06. The summed E-state index contributed by atoms with van der Waals surface area (Å²) in [5.41, 5.74) is 5.70. The molecule has 0 aromatic carbocycles. The van der Waals surface area contributed by atoms with E-state index in [1.807, 2.05) is 18.7 Å². The van der Waals surface area contributed by atoms with Gasteiger partial charge in [-0.3, -0.25) is 4.79 Å². The molecule has 4 nitrogen and oxygen atoms in total. The molecule has 1 unspecified atom stereocenters. The van der Waals surface area contributed by atoms with E-state index >= 15 is 0 Å². The van der Waals surface area contributed by atoms with Crippen molar-refractivity contribution in [1.29, 1.82) is 0 Å². The zero-order valence-electron chi connectivity index (χ0n) is 10.1. The topological polar surface area (TPSA) is 66.6 Å². The summed E-state index contributed by atoms with van der Waals surface area (Å²) in [7, 11) is 0. The van der Waals surface area contributed by atoms with Crippen LogP contribution in [0.3, 0.4) is 0 Å². The van der Waals surface area contributed by atoms with Gasteiger partial charge in [0.1, 0.15) is 0 Å². The van der Waals surface area contributed by atoms with Crippen molar-refractivity contribution >= 4 is 18.3 Å². The zero-order valence-corrected chi connectivity index (χ0v) is 10.9. The van der Waals surface area contributed by atoms with E-state index < -0.39 is 0 Å². The van der Waals surface area contributed by atoms with Crippen molar-refractivity contribution in [3.8, 4) is 0 Å². The molecular weight excluding hydrogens is 228 g/mol. The number of halogens is 1. The maximum Gasteiger partial charge on any atom is 0.239 e. The second-order valence-electron chi connectivity index (χ2n) is 4.42. The van der Waals surface area contributed by atoms with Gasteiger partial charge in [-0.2, -0.15) is 0 Å². The average Bonchev–Trinajstić information content (AvgIpc) is 2.27. The molecular formula is C11H23ClN2O2. The Labute approximate surface area is 104 Å². The van der Waals surface area contributed by atoms with Crippen molar-refractivity contribution in [3.05, 3.63) is 0 Å². The Hall–Kier alpha value is -0.320. The minimum absolute atomic E-state index is 0. The number of rotatable bonds is 3. The van der Waals surface area contributed by atoms with Crippen molar-refractivity contribution in [2.24, 2.45) is 11.7 Å². The van der Waals surface area contributed by atoms with Crippen LogP contribution in [-0.4, -0.2) is 41.1 Å². The van der Waals surface area contributed by atoms with E-state index in [1.54, 1.807) is 0 Å². The Morgan fingerprint density at radius 2 is 2.00 bits per heavy atom. The van der Waals surface area contributed by atoms with Crippen LogP contribution in [0.15, 0.2) is 0 Å². The first-order valence-electron chi connectivity index (χ1n) is 5.78. The second kappa shape index (κ2) is 7.09. The Kier molecular flexibility index (Phi) is 6.95. The number of piperidine rings is 1. The summed E-state index contributed by atoms with van der Waals surface area (Å²) < 4.78 is 0. The molecule has 1 aliphatic rings. The molecule has 16 heavy (non-hydrogen) atoms. The second-order valence-corrected chi connectivity index (χ2v) is 4.42. The standard InChI is InChI=1S/C11H22N2O2.ClH/c1-3-10(12)11(15)13-6-4-9(5-7-13)8(2)14;/h8-10,14H,3-7,12H2,1-2H3;1H/t8?,10-;/m0./s1. The number of aliphatic hydroxyl groups is 1. The molecule has 96 valence electrons. The van der Waals surface area contributed by atoms with E-state index in [-0.39, 0.29) is 30.5 Å². The van der Waals surface area contributed by atoms with Crippen molar-refractivity contribution in [2.75, 3.05) is 13.1 Å². The average molecular weight is 251 g/mol. The summed E-state index contributed by atoms with van der Waals surface area (Å²) in [5, 5.41) is 9.43. The predicted molar refractivity (Wildman–Crippen MR) is 66.5 cm³/mol. The molecule has 1 heterocycles. The third-order valence-corrected chi connectivity index (χ3v) is 3.29. The fourth-order valence-electron chi connectivity index (χ4n) is 2.01. The third-order valence-electron chi connectivity index (χ3n) is 3.29. The van der Waals surface area contributed by atoms with E-state index in [4.69, 9.17) is 5.73 Å². The lowest BCUT2D eigenvalue weighted by atomic mass is 9.92.